The van der Waals surface area contributed by atoms with Gasteiger partial charge in [-0.1, -0.05) is 0 Å². The SMILES string of the molecule is O=C1C=CC(=O)N1c1ccc(OP2(Oc3ccc(N4C(=O)C=CC4=O)cc3)(Oc3ccc(N4C(=O)C=CC4=O)cc3)N=PNP(Oc3ccc(N4C(=O)C=CC4=O)cc3)(Oc3ccc(N4C(=O)C=CC4=O)cc3)(Oc3ccc(N4C(=O)C=CC4=O)cc3)N2)cc1. The topological polar surface area (TPSA) is 316 Å². The molecule has 0 bridgehead atoms. The molecule has 6 aromatic rings. The van der Waals surface area contributed by atoms with Crippen LogP contribution in [0.1, 0.15) is 0 Å². The van der Waals surface area contributed by atoms with Gasteiger partial charge < -0.3 is 0 Å². The van der Waals surface area contributed by atoms with E-state index in [1.807, 2.05) is 0 Å². The predicted octanol–water partition coefficient (Wildman–Crippen LogP) is 7.53. The molecule has 0 radical (unpaired) electrons. The van der Waals surface area contributed by atoms with Crippen LogP contribution in [0, 0.1) is 0 Å². The number of rotatable bonds is 18. The van der Waals surface area contributed by atoms with Gasteiger partial charge in [-0.15, -0.1) is 0 Å². The summed E-state index contributed by atoms with van der Waals surface area (Å²) in [5.74, 6) is -8.85. The van der Waals surface area contributed by atoms with Crippen LogP contribution in [0.25, 0.3) is 0 Å². The average molecular weight is 1270 g/mol. The van der Waals surface area contributed by atoms with Gasteiger partial charge in [0.1, 0.15) is 0 Å². The first-order valence-electron chi connectivity index (χ1n) is 26.5. The summed E-state index contributed by atoms with van der Waals surface area (Å²) in [6.07, 6.45) is 13.0. The average Bonchev–Trinajstić information content (AvgIpc) is 0.879. The molecule has 7 aliphatic heterocycles. The van der Waals surface area contributed by atoms with E-state index in [0.717, 1.165) is 102 Å². The second-order valence-corrected chi connectivity index (χ2v) is 26.8. The number of amides is 12. The Kier molecular flexibility index (Phi) is 13.8. The molecule has 12 amide bonds. The molecule has 90 heavy (non-hydrogen) atoms. The first-order chi connectivity index (χ1) is 43.2. The van der Waals surface area contributed by atoms with Gasteiger partial charge in [-0.3, -0.25) is 0 Å². The van der Waals surface area contributed by atoms with Gasteiger partial charge >= 0.3 is 510 Å². The van der Waals surface area contributed by atoms with Crippen molar-refractivity contribution < 1.29 is 84.7 Å². The van der Waals surface area contributed by atoms with E-state index in [4.69, 9.17) is 31.7 Å². The standard InChI is InChI=1S/C60H38N9O18P3/c70-49-25-26-50(71)64(49)37-1-13-43(14-2-37)82-89(83-44-15-3-38(4-16-44)65-51(72)27-28-52(65)73,84-45-17-5-39(6-18-45)66-53(74)29-30-54(66)75)61-88-62-90(63-89,85-46-19-7-40(8-20-46)67-55(76)31-32-56(67)77,86-47-21-9-41(10-22-47)68-57(78)33-34-58(68)79)87-48-23-11-42(12-24-48)69-59(80)35-36-60(69)81/h1-36,63H,(H,61,62). The molecule has 0 aliphatic carbocycles. The van der Waals surface area contributed by atoms with Crippen LogP contribution in [0.15, 0.2) is 223 Å². The first kappa shape index (κ1) is 57.4. The number of hydrogen-bond acceptors (Lipinski definition) is 21. The monoisotopic (exact) mass is 1270 g/mol. The second-order valence-electron chi connectivity index (χ2n) is 19.7. The van der Waals surface area contributed by atoms with Crippen molar-refractivity contribution in [3.8, 4) is 34.5 Å². The minimum atomic E-state index is -6.37. The fraction of sp³-hybridized carbons (Fsp3) is 0. The Hall–Kier alpha value is -11.7. The summed E-state index contributed by atoms with van der Waals surface area (Å²) < 4.78 is 48.3. The van der Waals surface area contributed by atoms with E-state index < -0.39 is 86.1 Å². The minimum absolute atomic E-state index is 0.0905. The van der Waals surface area contributed by atoms with Gasteiger partial charge in [0, 0.05) is 0 Å². The zero-order valence-electron chi connectivity index (χ0n) is 45.6. The van der Waals surface area contributed by atoms with Crippen LogP contribution in [-0.2, 0) is 57.5 Å². The van der Waals surface area contributed by atoms with Crippen molar-refractivity contribution >= 4 is 129 Å². The van der Waals surface area contributed by atoms with E-state index >= 15 is 0 Å². The Labute approximate surface area is 508 Å². The summed E-state index contributed by atoms with van der Waals surface area (Å²) >= 11 is 0. The van der Waals surface area contributed by atoms with Crippen LogP contribution in [0.5, 0.6) is 34.5 Å². The molecular formula is C60H38N9O18P3. The number of carbonyl (C=O) groups is 12. The van der Waals surface area contributed by atoms with Crippen LogP contribution in [0.2, 0.25) is 0 Å². The van der Waals surface area contributed by atoms with Crippen molar-refractivity contribution in [2.45, 2.75) is 0 Å². The number of imide groups is 6. The number of nitrogens with zero attached hydrogens (tertiary/aromatic N) is 7. The maximum atomic E-state index is 13.0. The number of hydrogen-bond donors (Lipinski definition) is 2. The molecule has 27 nitrogen and oxygen atoms in total. The number of anilines is 6. The second kappa shape index (κ2) is 21.6. The molecule has 446 valence electrons. The Morgan fingerprint density at radius 3 is 0.600 bits per heavy atom. The molecular weight excluding hydrogens is 1230 g/mol. The summed E-state index contributed by atoms with van der Waals surface area (Å²) in [5.41, 5.74) is 0.555. The molecule has 30 heteroatoms. The Bertz CT molecular complexity index is 3920. The van der Waals surface area contributed by atoms with E-state index in [2.05, 4.69) is 9.72 Å². The van der Waals surface area contributed by atoms with Gasteiger partial charge in [0.25, 0.3) is 0 Å². The molecule has 0 saturated heterocycles. The molecule has 2 N–H and O–H groups in total. The van der Waals surface area contributed by atoms with Crippen LogP contribution in [0.3, 0.4) is 0 Å². The Morgan fingerprint density at radius 1 is 0.256 bits per heavy atom. The third-order valence-electron chi connectivity index (χ3n) is 13.8. The fourth-order valence-electron chi connectivity index (χ4n) is 9.85. The summed E-state index contributed by atoms with van der Waals surface area (Å²) in [6.45, 7) is 0. The zero-order chi connectivity index (χ0) is 62.7. The predicted molar refractivity (Wildman–Crippen MR) is 322 cm³/mol. The van der Waals surface area contributed by atoms with E-state index in [-0.39, 0.29) is 77.1 Å². The summed E-state index contributed by atoms with van der Waals surface area (Å²) in [7, 11) is -13.0. The van der Waals surface area contributed by atoms with Crippen LogP contribution in [0.4, 0.5) is 34.1 Å². The van der Waals surface area contributed by atoms with Crippen molar-refractivity contribution in [3.63, 3.8) is 0 Å². The van der Waals surface area contributed by atoms with Gasteiger partial charge in [-0.05, 0) is 0 Å². The summed E-state index contributed by atoms with van der Waals surface area (Å²) in [5, 5.41) is 0. The van der Waals surface area contributed by atoms with Gasteiger partial charge in [0.2, 0.25) is 0 Å². The fourth-order valence-corrected chi connectivity index (χ4v) is 20.1. The molecule has 0 aromatic heterocycles. The first-order valence-corrected chi connectivity index (χ1v) is 31.3. The number of nitrogens with one attached hydrogen (secondary N) is 2. The third-order valence-corrected chi connectivity index (χ3v) is 23.1. The molecule has 0 atom stereocenters. The van der Waals surface area contributed by atoms with Crippen molar-refractivity contribution in [2.75, 3.05) is 29.4 Å². The van der Waals surface area contributed by atoms with Gasteiger partial charge in [0.15, 0.2) is 0 Å². The third kappa shape index (κ3) is 10.4. The molecule has 6 aromatic carbocycles. The van der Waals surface area contributed by atoms with Crippen molar-refractivity contribution in [1.82, 2.24) is 9.72 Å². The summed E-state index contributed by atoms with van der Waals surface area (Å²) in [4.78, 5) is 167. The quantitative estimate of drug-likeness (QED) is 0.0620. The van der Waals surface area contributed by atoms with E-state index in [1.165, 1.54) is 146 Å². The van der Waals surface area contributed by atoms with Crippen molar-refractivity contribution in [3.05, 3.63) is 219 Å². The molecule has 7 aliphatic rings. The molecule has 0 saturated carbocycles. The summed E-state index contributed by atoms with van der Waals surface area (Å²) in [6, 6.07) is 32.5. The van der Waals surface area contributed by atoms with Gasteiger partial charge in [0.05, 0.1) is 0 Å². The molecule has 7 heterocycles. The number of benzene rings is 6. The van der Waals surface area contributed by atoms with Crippen molar-refractivity contribution in [1.29, 1.82) is 0 Å². The molecule has 0 fully saturated rings. The van der Waals surface area contributed by atoms with Crippen LogP contribution in [-0.4, -0.2) is 70.9 Å². The van der Waals surface area contributed by atoms with E-state index in [0.29, 0.717) is 0 Å². The Balaban J connectivity index is 1.04. The number of carbonyl (C=O) groups excluding carboxylic acids is 12. The van der Waals surface area contributed by atoms with E-state index in [1.54, 1.807) is 0 Å². The molecule has 0 unspecified atom stereocenters. The van der Waals surface area contributed by atoms with Crippen LogP contribution < -0.4 is 66.3 Å². The molecule has 0 spiro atoms. The zero-order valence-corrected chi connectivity index (χ0v) is 48.3. The Morgan fingerprint density at radius 2 is 0.422 bits per heavy atom. The molecule has 13 rings (SSSR count). The van der Waals surface area contributed by atoms with Crippen molar-refractivity contribution in [2.24, 2.45) is 4.52 Å². The van der Waals surface area contributed by atoms with Crippen LogP contribution >= 0.6 is 23.7 Å². The van der Waals surface area contributed by atoms with Gasteiger partial charge in [-0.25, -0.2) is 0 Å². The van der Waals surface area contributed by atoms with Gasteiger partial charge in [-0.2, -0.15) is 0 Å². The normalized spacial score (nSPS) is 20.2. The van der Waals surface area contributed by atoms with E-state index in [9.17, 15) is 57.5 Å². The maximum absolute atomic E-state index is 13.0.